The van der Waals surface area contributed by atoms with Crippen LogP contribution in [0.1, 0.15) is 16.8 Å². The molecule has 0 fully saturated rings. The van der Waals surface area contributed by atoms with Crippen molar-refractivity contribution in [1.82, 2.24) is 14.8 Å². The molecule has 10 heteroatoms. The minimum atomic E-state index is -4.62. The fourth-order valence-electron chi connectivity index (χ4n) is 1.77. The summed E-state index contributed by atoms with van der Waals surface area (Å²) in [5.41, 5.74) is -0.862. The lowest BCUT2D eigenvalue weighted by Gasteiger charge is -2.10. The summed E-state index contributed by atoms with van der Waals surface area (Å²) in [6.45, 7) is -0.845. The molecule has 0 saturated carbocycles. The van der Waals surface area contributed by atoms with Gasteiger partial charge in [0.2, 0.25) is 0 Å². The summed E-state index contributed by atoms with van der Waals surface area (Å²) in [6.07, 6.45) is -3.15. The number of alkyl halides is 3. The number of rotatable bonds is 3. The van der Waals surface area contributed by atoms with E-state index in [9.17, 15) is 18.3 Å². The van der Waals surface area contributed by atoms with E-state index >= 15 is 0 Å². The molecule has 2 rings (SSSR count). The average Bonchev–Trinajstić information content (AvgIpc) is 2.69. The topological polar surface area (TPSA) is 50.9 Å². The van der Waals surface area contributed by atoms with Crippen molar-refractivity contribution in [3.8, 4) is 0 Å². The van der Waals surface area contributed by atoms with Crippen LogP contribution in [-0.2, 0) is 19.3 Å². The molecule has 4 nitrogen and oxygen atoms in total. The SMILES string of the molecule is OCc1c(C(F)(F)F)c(Br)nn1Cc1cc(Br)cnc1Cl. The van der Waals surface area contributed by atoms with Gasteiger partial charge in [0, 0.05) is 16.2 Å². The van der Waals surface area contributed by atoms with Gasteiger partial charge in [-0.1, -0.05) is 11.6 Å². The van der Waals surface area contributed by atoms with Crippen molar-refractivity contribution in [2.45, 2.75) is 19.3 Å². The summed E-state index contributed by atoms with van der Waals surface area (Å²) in [5, 5.41) is 13.2. The molecular weight excluding hydrogens is 442 g/mol. The largest absolute Gasteiger partial charge is 0.420 e. The second kappa shape index (κ2) is 6.23. The highest BCUT2D eigenvalue weighted by atomic mass is 79.9. The van der Waals surface area contributed by atoms with E-state index in [1.807, 2.05) is 0 Å². The zero-order valence-corrected chi connectivity index (χ0v) is 14.1. The molecule has 2 aromatic heterocycles. The second-order valence-electron chi connectivity index (χ2n) is 4.03. The first-order valence-corrected chi connectivity index (χ1v) is 7.43. The van der Waals surface area contributed by atoms with Crippen molar-refractivity contribution in [1.29, 1.82) is 0 Å². The molecule has 0 aliphatic rings. The van der Waals surface area contributed by atoms with E-state index in [1.54, 1.807) is 6.07 Å². The van der Waals surface area contributed by atoms with Gasteiger partial charge in [-0.3, -0.25) is 4.68 Å². The Bertz CT molecular complexity index is 675. The van der Waals surface area contributed by atoms with Gasteiger partial charge >= 0.3 is 6.18 Å². The van der Waals surface area contributed by atoms with Gasteiger partial charge in [0.25, 0.3) is 0 Å². The second-order valence-corrected chi connectivity index (χ2v) is 6.05. The smallest absolute Gasteiger partial charge is 0.390 e. The van der Waals surface area contributed by atoms with E-state index in [4.69, 9.17) is 11.6 Å². The van der Waals surface area contributed by atoms with E-state index in [1.165, 1.54) is 6.20 Å². The molecular formula is C11H7Br2ClF3N3O. The van der Waals surface area contributed by atoms with Crippen LogP contribution in [0.4, 0.5) is 13.2 Å². The Kier molecular flexibility index (Phi) is 4.96. The number of nitrogens with zero attached hydrogens (tertiary/aromatic N) is 3. The van der Waals surface area contributed by atoms with E-state index < -0.39 is 18.3 Å². The molecule has 0 aromatic carbocycles. The highest BCUT2D eigenvalue weighted by Crippen LogP contribution is 2.37. The van der Waals surface area contributed by atoms with Gasteiger partial charge in [-0.15, -0.1) is 0 Å². The quantitative estimate of drug-likeness (QED) is 0.721. The van der Waals surface area contributed by atoms with Crippen molar-refractivity contribution in [3.63, 3.8) is 0 Å². The van der Waals surface area contributed by atoms with Crippen molar-refractivity contribution in [2.24, 2.45) is 0 Å². The Morgan fingerprint density at radius 2 is 2.00 bits per heavy atom. The third-order valence-electron chi connectivity index (χ3n) is 2.65. The molecule has 0 amide bonds. The van der Waals surface area contributed by atoms with Crippen molar-refractivity contribution in [2.75, 3.05) is 0 Å². The van der Waals surface area contributed by atoms with Gasteiger partial charge < -0.3 is 5.11 Å². The maximum atomic E-state index is 13.0. The van der Waals surface area contributed by atoms with Crippen LogP contribution in [-0.4, -0.2) is 19.9 Å². The zero-order valence-electron chi connectivity index (χ0n) is 10.1. The number of aliphatic hydroxyl groups excluding tert-OH is 1. The van der Waals surface area contributed by atoms with E-state index in [0.29, 0.717) is 10.0 Å². The molecule has 0 aliphatic carbocycles. The Labute approximate surface area is 139 Å². The van der Waals surface area contributed by atoms with Crippen LogP contribution in [0.15, 0.2) is 21.3 Å². The van der Waals surface area contributed by atoms with Crippen LogP contribution < -0.4 is 0 Å². The summed E-state index contributed by atoms with van der Waals surface area (Å²) in [4.78, 5) is 3.89. The maximum Gasteiger partial charge on any atom is 0.420 e. The van der Waals surface area contributed by atoms with Gasteiger partial charge in [0.15, 0.2) is 0 Å². The Morgan fingerprint density at radius 1 is 1.33 bits per heavy atom. The van der Waals surface area contributed by atoms with E-state index in [0.717, 1.165) is 4.68 Å². The third-order valence-corrected chi connectivity index (χ3v) is 3.98. The molecule has 0 atom stereocenters. The summed E-state index contributed by atoms with van der Waals surface area (Å²) < 4.78 is 40.2. The highest BCUT2D eigenvalue weighted by Gasteiger charge is 2.39. The van der Waals surface area contributed by atoms with Crippen LogP contribution in [0.5, 0.6) is 0 Å². The van der Waals surface area contributed by atoms with Crippen molar-refractivity contribution < 1.29 is 18.3 Å². The molecule has 2 heterocycles. The first kappa shape index (κ1) is 16.7. The van der Waals surface area contributed by atoms with E-state index in [-0.39, 0.29) is 22.0 Å². The minimum absolute atomic E-state index is 0.0458. The highest BCUT2D eigenvalue weighted by molar-refractivity contribution is 9.10. The van der Waals surface area contributed by atoms with Gasteiger partial charge in [0.05, 0.1) is 18.8 Å². The third kappa shape index (κ3) is 3.58. The number of hydrogen-bond acceptors (Lipinski definition) is 3. The average molecular weight is 449 g/mol. The number of halogens is 6. The van der Waals surface area contributed by atoms with Gasteiger partial charge in [-0.2, -0.15) is 18.3 Å². The standard InChI is InChI=1S/C11H7Br2ClF3N3O/c12-6-1-5(10(14)18-2-6)3-20-7(4-21)8(9(13)19-20)11(15,16)17/h1-2,21H,3-4H2. The van der Waals surface area contributed by atoms with Gasteiger partial charge in [-0.25, -0.2) is 4.98 Å². The molecule has 2 aromatic rings. The molecule has 0 bridgehead atoms. The fourth-order valence-corrected chi connectivity index (χ4v) is 2.96. The van der Waals surface area contributed by atoms with Crippen LogP contribution in [0.2, 0.25) is 5.15 Å². The number of pyridine rings is 1. The maximum absolute atomic E-state index is 13.0. The lowest BCUT2D eigenvalue weighted by Crippen LogP contribution is -2.12. The summed E-state index contributed by atoms with van der Waals surface area (Å²) in [6, 6.07) is 1.62. The first-order valence-electron chi connectivity index (χ1n) is 5.47. The molecule has 0 unspecified atom stereocenters. The Morgan fingerprint density at radius 3 is 2.57 bits per heavy atom. The number of aromatic nitrogens is 3. The Balaban J connectivity index is 2.48. The summed E-state index contributed by atoms with van der Waals surface area (Å²) in [7, 11) is 0. The molecule has 21 heavy (non-hydrogen) atoms. The lowest BCUT2D eigenvalue weighted by molar-refractivity contribution is -0.139. The molecule has 114 valence electrons. The predicted molar refractivity (Wildman–Crippen MR) is 76.9 cm³/mol. The fraction of sp³-hybridized carbons (Fsp3) is 0.273. The molecule has 0 aliphatic heterocycles. The lowest BCUT2D eigenvalue weighted by atomic mass is 10.2. The number of hydrogen-bond donors (Lipinski definition) is 1. The number of aliphatic hydroxyl groups is 1. The molecule has 0 radical (unpaired) electrons. The zero-order chi connectivity index (χ0) is 15.8. The summed E-state index contributed by atoms with van der Waals surface area (Å²) >= 11 is 11.9. The summed E-state index contributed by atoms with van der Waals surface area (Å²) in [5.74, 6) is 0. The van der Waals surface area contributed by atoms with Crippen LogP contribution >= 0.6 is 43.5 Å². The minimum Gasteiger partial charge on any atom is -0.390 e. The Hall–Kier alpha value is -0.640. The van der Waals surface area contributed by atoms with E-state index in [2.05, 4.69) is 41.9 Å². The first-order chi connectivity index (χ1) is 9.74. The predicted octanol–water partition coefficient (Wildman–Crippen LogP) is 4.02. The molecule has 0 spiro atoms. The van der Waals surface area contributed by atoms with Crippen LogP contribution in [0, 0.1) is 0 Å². The monoisotopic (exact) mass is 447 g/mol. The van der Waals surface area contributed by atoms with Crippen LogP contribution in [0.3, 0.4) is 0 Å². The van der Waals surface area contributed by atoms with Gasteiger partial charge in [0.1, 0.15) is 15.3 Å². The van der Waals surface area contributed by atoms with Gasteiger partial charge in [-0.05, 0) is 37.9 Å². The van der Waals surface area contributed by atoms with Crippen molar-refractivity contribution >= 4 is 43.5 Å². The normalized spacial score (nSPS) is 12.0. The molecule has 1 N–H and O–H groups in total. The van der Waals surface area contributed by atoms with Crippen LogP contribution in [0.25, 0.3) is 0 Å². The van der Waals surface area contributed by atoms with Crippen molar-refractivity contribution in [3.05, 3.63) is 43.3 Å². The molecule has 0 saturated heterocycles.